The molecule has 0 aromatic carbocycles. The first-order valence-electron chi connectivity index (χ1n) is 7.73. The van der Waals surface area contributed by atoms with Crippen LogP contribution in [0.15, 0.2) is 0 Å². The fourth-order valence-electron chi connectivity index (χ4n) is 1.95. The van der Waals surface area contributed by atoms with Gasteiger partial charge in [0.2, 0.25) is 5.91 Å². The maximum Gasteiger partial charge on any atom is 0.307 e. The molecule has 0 bridgehead atoms. The second-order valence-corrected chi connectivity index (χ2v) is 5.39. The summed E-state index contributed by atoms with van der Waals surface area (Å²) in [7, 11) is 0. The predicted molar refractivity (Wildman–Crippen MR) is 80.7 cm³/mol. The van der Waals surface area contributed by atoms with Gasteiger partial charge in [-0.1, -0.05) is 40.0 Å². The summed E-state index contributed by atoms with van der Waals surface area (Å²) in [5.41, 5.74) is 0. The van der Waals surface area contributed by atoms with E-state index in [0.29, 0.717) is 19.6 Å². The van der Waals surface area contributed by atoms with Crippen molar-refractivity contribution in [2.24, 2.45) is 5.92 Å². The van der Waals surface area contributed by atoms with Gasteiger partial charge in [0, 0.05) is 13.1 Å². The third-order valence-electron chi connectivity index (χ3n) is 3.25. The van der Waals surface area contributed by atoms with Crippen molar-refractivity contribution in [3.05, 3.63) is 0 Å². The number of amides is 1. The molecular weight excluding hydrogens is 256 g/mol. The van der Waals surface area contributed by atoms with Crippen molar-refractivity contribution in [2.75, 3.05) is 26.2 Å². The fourth-order valence-corrected chi connectivity index (χ4v) is 1.95. The van der Waals surface area contributed by atoms with Crippen LogP contribution in [0.2, 0.25) is 0 Å². The molecule has 0 saturated carbocycles. The molecule has 0 aliphatic carbocycles. The van der Waals surface area contributed by atoms with Crippen molar-refractivity contribution in [3.63, 3.8) is 0 Å². The van der Waals surface area contributed by atoms with Crippen molar-refractivity contribution in [1.29, 1.82) is 0 Å². The lowest BCUT2D eigenvalue weighted by atomic mass is 10.1. The van der Waals surface area contributed by atoms with Crippen LogP contribution in [-0.2, 0) is 9.59 Å². The summed E-state index contributed by atoms with van der Waals surface area (Å²) >= 11 is 0. The van der Waals surface area contributed by atoms with Gasteiger partial charge in [0.25, 0.3) is 0 Å². The Bertz CT molecular complexity index is 282. The Labute approximate surface area is 122 Å². The van der Waals surface area contributed by atoms with Gasteiger partial charge in [-0.15, -0.1) is 0 Å². The molecule has 0 saturated heterocycles. The second kappa shape index (κ2) is 11.7. The van der Waals surface area contributed by atoms with Gasteiger partial charge in [-0.2, -0.15) is 0 Å². The van der Waals surface area contributed by atoms with E-state index in [1.54, 1.807) is 6.92 Å². The van der Waals surface area contributed by atoms with Crippen LogP contribution in [0.25, 0.3) is 0 Å². The number of rotatable bonds is 12. The normalized spacial score (nSPS) is 12.4. The molecule has 0 aromatic rings. The molecule has 20 heavy (non-hydrogen) atoms. The first-order valence-corrected chi connectivity index (χ1v) is 7.73. The molecule has 1 amide bonds. The summed E-state index contributed by atoms with van der Waals surface area (Å²) in [4.78, 5) is 24.7. The number of hydrogen-bond acceptors (Lipinski definition) is 3. The summed E-state index contributed by atoms with van der Waals surface area (Å²) < 4.78 is 0. The molecule has 5 heteroatoms. The lowest BCUT2D eigenvalue weighted by Gasteiger charge is -2.23. The maximum atomic E-state index is 11.8. The van der Waals surface area contributed by atoms with Gasteiger partial charge in [-0.05, 0) is 19.4 Å². The minimum absolute atomic E-state index is 0.00691. The number of carboxylic acids is 1. The topological polar surface area (TPSA) is 69.6 Å². The van der Waals surface area contributed by atoms with Gasteiger partial charge in [0.1, 0.15) is 0 Å². The van der Waals surface area contributed by atoms with Crippen molar-refractivity contribution in [1.82, 2.24) is 10.2 Å². The summed E-state index contributed by atoms with van der Waals surface area (Å²) in [6, 6.07) is 0. The highest BCUT2D eigenvalue weighted by atomic mass is 16.4. The van der Waals surface area contributed by atoms with E-state index in [9.17, 15) is 9.59 Å². The number of hydrogen-bond donors (Lipinski definition) is 2. The highest BCUT2D eigenvalue weighted by Gasteiger charge is 2.17. The molecular formula is C15H30N2O3. The van der Waals surface area contributed by atoms with Gasteiger partial charge in [-0.3, -0.25) is 14.5 Å². The Morgan fingerprint density at radius 2 is 1.80 bits per heavy atom. The lowest BCUT2D eigenvalue weighted by molar-refractivity contribution is -0.142. The zero-order chi connectivity index (χ0) is 15.4. The van der Waals surface area contributed by atoms with Crippen LogP contribution >= 0.6 is 0 Å². The van der Waals surface area contributed by atoms with Crippen molar-refractivity contribution in [2.45, 2.75) is 52.9 Å². The van der Waals surface area contributed by atoms with Crippen LogP contribution in [0.3, 0.4) is 0 Å². The quantitative estimate of drug-likeness (QED) is 0.539. The second-order valence-electron chi connectivity index (χ2n) is 5.39. The van der Waals surface area contributed by atoms with Gasteiger partial charge < -0.3 is 10.4 Å². The number of nitrogens with one attached hydrogen (secondary N) is 1. The minimum Gasteiger partial charge on any atom is -0.481 e. The van der Waals surface area contributed by atoms with E-state index in [1.165, 1.54) is 0 Å². The van der Waals surface area contributed by atoms with E-state index in [0.717, 1.165) is 38.6 Å². The third-order valence-corrected chi connectivity index (χ3v) is 3.25. The van der Waals surface area contributed by atoms with E-state index in [-0.39, 0.29) is 5.91 Å². The molecule has 5 nitrogen and oxygen atoms in total. The van der Waals surface area contributed by atoms with E-state index in [4.69, 9.17) is 5.11 Å². The Hall–Kier alpha value is -1.10. The molecule has 1 unspecified atom stereocenters. The molecule has 0 rings (SSSR count). The minimum atomic E-state index is -0.808. The highest BCUT2D eigenvalue weighted by molar-refractivity contribution is 5.78. The van der Waals surface area contributed by atoms with Crippen molar-refractivity contribution >= 4 is 11.9 Å². The zero-order valence-corrected chi connectivity index (χ0v) is 13.2. The van der Waals surface area contributed by atoms with Crippen LogP contribution in [0.5, 0.6) is 0 Å². The van der Waals surface area contributed by atoms with Gasteiger partial charge in [0.05, 0.1) is 12.5 Å². The molecule has 118 valence electrons. The first-order chi connectivity index (χ1) is 9.51. The van der Waals surface area contributed by atoms with Crippen LogP contribution in [0.1, 0.15) is 52.9 Å². The zero-order valence-electron chi connectivity index (χ0n) is 13.2. The third kappa shape index (κ3) is 9.78. The number of aliphatic carboxylic acids is 1. The molecule has 2 N–H and O–H groups in total. The maximum absolute atomic E-state index is 11.8. The summed E-state index contributed by atoms with van der Waals surface area (Å²) in [6.45, 7) is 8.11. The van der Waals surface area contributed by atoms with Crippen molar-refractivity contribution in [3.8, 4) is 0 Å². The van der Waals surface area contributed by atoms with Gasteiger partial charge in [-0.25, -0.2) is 0 Å². The molecule has 0 heterocycles. The number of carboxylic acid groups (broad SMARTS) is 1. The Morgan fingerprint density at radius 3 is 2.35 bits per heavy atom. The fraction of sp³-hybridized carbons (Fsp3) is 0.867. The predicted octanol–water partition coefficient (Wildman–Crippen LogP) is 2.12. The van der Waals surface area contributed by atoms with Crippen molar-refractivity contribution < 1.29 is 14.7 Å². The SMILES string of the molecule is CCCCCN(CC(=O)NCCCC)CC(C)C(=O)O. The lowest BCUT2D eigenvalue weighted by Crippen LogP contribution is -2.41. The number of nitrogens with zero attached hydrogens (tertiary/aromatic N) is 1. The van der Waals surface area contributed by atoms with E-state index < -0.39 is 11.9 Å². The summed E-state index contributed by atoms with van der Waals surface area (Å²) in [5, 5.41) is 11.9. The molecule has 0 aliphatic rings. The molecule has 0 radical (unpaired) electrons. The van der Waals surface area contributed by atoms with Crippen LogP contribution in [0, 0.1) is 5.92 Å². The van der Waals surface area contributed by atoms with Gasteiger partial charge >= 0.3 is 5.97 Å². The smallest absolute Gasteiger partial charge is 0.307 e. The number of carbonyl (C=O) groups excluding carboxylic acids is 1. The molecule has 0 fully saturated rings. The molecule has 0 aliphatic heterocycles. The van der Waals surface area contributed by atoms with Crippen LogP contribution in [0.4, 0.5) is 0 Å². The average Bonchev–Trinajstić information content (AvgIpc) is 2.39. The van der Waals surface area contributed by atoms with E-state index in [2.05, 4.69) is 19.2 Å². The van der Waals surface area contributed by atoms with Gasteiger partial charge in [0.15, 0.2) is 0 Å². The van der Waals surface area contributed by atoms with E-state index in [1.807, 2.05) is 4.90 Å². The highest BCUT2D eigenvalue weighted by Crippen LogP contribution is 2.04. The number of unbranched alkanes of at least 4 members (excludes halogenated alkanes) is 3. The summed E-state index contributed by atoms with van der Waals surface area (Å²) in [5.74, 6) is -1.26. The van der Waals surface area contributed by atoms with Crippen LogP contribution in [-0.4, -0.2) is 48.1 Å². The largest absolute Gasteiger partial charge is 0.481 e. The monoisotopic (exact) mass is 286 g/mol. The Balaban J connectivity index is 4.21. The average molecular weight is 286 g/mol. The molecule has 0 spiro atoms. The van der Waals surface area contributed by atoms with E-state index >= 15 is 0 Å². The summed E-state index contributed by atoms with van der Waals surface area (Å²) in [6.07, 6.45) is 5.26. The number of carbonyl (C=O) groups is 2. The molecule has 1 atom stereocenters. The first kappa shape index (κ1) is 18.9. The van der Waals surface area contributed by atoms with Crippen LogP contribution < -0.4 is 5.32 Å². The molecule has 0 aromatic heterocycles. The standard InChI is InChI=1S/C15H30N2O3/c1-4-6-8-10-17(11-13(3)15(19)20)12-14(18)16-9-7-5-2/h13H,4-12H2,1-3H3,(H,16,18)(H,19,20). The Kier molecular flexibility index (Phi) is 11.1. The Morgan fingerprint density at radius 1 is 1.15 bits per heavy atom.